The number of carbonyl (C=O) groups is 1. The van der Waals surface area contributed by atoms with Crippen LogP contribution >= 0.6 is 27.7 Å². The summed E-state index contributed by atoms with van der Waals surface area (Å²) in [7, 11) is 0. The van der Waals surface area contributed by atoms with Gasteiger partial charge in [0.2, 0.25) is 5.91 Å². The van der Waals surface area contributed by atoms with Gasteiger partial charge < -0.3 is 25.8 Å². The number of nitrogen functional groups attached to an aromatic ring is 1. The van der Waals surface area contributed by atoms with Crippen LogP contribution in [-0.2, 0) is 11.3 Å². The van der Waals surface area contributed by atoms with E-state index in [1.54, 1.807) is 5.48 Å². The number of nitrogens with zero attached hydrogens (tertiary/aromatic N) is 4. The molecule has 29 heavy (non-hydrogen) atoms. The molecule has 0 fully saturated rings. The summed E-state index contributed by atoms with van der Waals surface area (Å²) in [4.78, 5) is 24.5. The normalized spacial score (nSPS) is 11.1. The van der Waals surface area contributed by atoms with Crippen molar-refractivity contribution in [1.29, 1.82) is 0 Å². The van der Waals surface area contributed by atoms with Crippen molar-refractivity contribution in [3.8, 4) is 11.5 Å². The molecule has 7 N–H and O–H groups in total. The molecule has 11 nitrogen and oxygen atoms in total. The van der Waals surface area contributed by atoms with Crippen LogP contribution in [0.4, 0.5) is 5.82 Å². The molecular formula is C16H18BrN7O4S. The third-order valence-corrected chi connectivity index (χ3v) is 5.89. The maximum Gasteiger partial charge on any atom is 0.244 e. The number of aromatic hydroxyl groups is 2. The van der Waals surface area contributed by atoms with Gasteiger partial charge in [-0.25, -0.2) is 20.4 Å². The molecule has 1 aromatic carbocycles. The molecule has 1 amide bonds. The van der Waals surface area contributed by atoms with E-state index in [4.69, 9.17) is 10.9 Å². The molecule has 0 spiro atoms. The van der Waals surface area contributed by atoms with Crippen molar-refractivity contribution in [2.75, 3.05) is 18.8 Å². The van der Waals surface area contributed by atoms with Gasteiger partial charge in [0.05, 0.1) is 0 Å². The van der Waals surface area contributed by atoms with Crippen LogP contribution in [0, 0.1) is 0 Å². The van der Waals surface area contributed by atoms with Gasteiger partial charge in [0, 0.05) is 35.4 Å². The van der Waals surface area contributed by atoms with Gasteiger partial charge in [0.1, 0.15) is 6.33 Å². The van der Waals surface area contributed by atoms with Crippen LogP contribution < -0.4 is 16.5 Å². The zero-order valence-electron chi connectivity index (χ0n) is 15.0. The highest BCUT2D eigenvalue weighted by Crippen LogP contribution is 2.40. The fourth-order valence-electron chi connectivity index (χ4n) is 2.50. The first-order valence-electron chi connectivity index (χ1n) is 8.40. The van der Waals surface area contributed by atoms with Crippen molar-refractivity contribution in [3.63, 3.8) is 0 Å². The summed E-state index contributed by atoms with van der Waals surface area (Å²) in [6.07, 6.45) is 1.49. The number of rotatable bonds is 8. The SMILES string of the molecule is Nc1ncnc2c1nc(Sc1cc(O)c(O)cc1Br)n2CCNCCC(=O)NO. The van der Waals surface area contributed by atoms with Crippen molar-refractivity contribution < 1.29 is 20.2 Å². The van der Waals surface area contributed by atoms with E-state index in [-0.39, 0.29) is 23.7 Å². The van der Waals surface area contributed by atoms with E-state index in [1.165, 1.54) is 30.2 Å². The standard InChI is InChI=1S/C16H18BrN7O4S/c17-8-5-9(25)10(26)6-11(8)29-16-22-13-14(18)20-7-21-15(13)24(16)4-3-19-2-1-12(27)23-28/h5-7,19,25-26,28H,1-4H2,(H,23,27)(H2,18,20,21). The number of hydrogen-bond acceptors (Lipinski definition) is 10. The minimum atomic E-state index is -0.473. The summed E-state index contributed by atoms with van der Waals surface area (Å²) in [5.74, 6) is -0.711. The van der Waals surface area contributed by atoms with Gasteiger partial charge in [-0.05, 0) is 28.1 Å². The summed E-state index contributed by atoms with van der Waals surface area (Å²) in [6, 6.07) is 2.82. The molecule has 2 aromatic heterocycles. The second-order valence-electron chi connectivity index (χ2n) is 5.89. The summed E-state index contributed by atoms with van der Waals surface area (Å²) >= 11 is 4.62. The van der Waals surface area contributed by atoms with Gasteiger partial charge in [-0.15, -0.1) is 0 Å². The van der Waals surface area contributed by atoms with Gasteiger partial charge in [0.25, 0.3) is 0 Å². The highest BCUT2D eigenvalue weighted by molar-refractivity contribution is 9.10. The number of halogens is 1. The number of amides is 1. The average Bonchev–Trinajstić information content (AvgIpc) is 3.04. The van der Waals surface area contributed by atoms with Crippen LogP contribution in [0.5, 0.6) is 11.5 Å². The molecule has 0 aliphatic rings. The number of hydroxylamine groups is 1. The van der Waals surface area contributed by atoms with Gasteiger partial charge >= 0.3 is 0 Å². The minimum Gasteiger partial charge on any atom is -0.504 e. The predicted octanol–water partition coefficient (Wildman–Crippen LogP) is 1.22. The molecule has 13 heteroatoms. The van der Waals surface area contributed by atoms with Crippen LogP contribution in [0.15, 0.2) is 33.0 Å². The first-order chi connectivity index (χ1) is 13.9. The fraction of sp³-hybridized carbons (Fsp3) is 0.250. The molecule has 154 valence electrons. The Kier molecular flexibility index (Phi) is 6.74. The number of nitrogens with two attached hydrogens (primary N) is 1. The van der Waals surface area contributed by atoms with Crippen LogP contribution in [-0.4, -0.2) is 53.9 Å². The molecule has 2 heterocycles. The van der Waals surface area contributed by atoms with E-state index in [0.29, 0.717) is 45.3 Å². The van der Waals surface area contributed by atoms with Crippen molar-refractivity contribution in [2.24, 2.45) is 0 Å². The number of nitrogens with one attached hydrogen (secondary N) is 2. The van der Waals surface area contributed by atoms with E-state index >= 15 is 0 Å². The number of phenolic OH excluding ortho intramolecular Hbond substituents is 2. The Morgan fingerprint density at radius 1 is 1.24 bits per heavy atom. The Balaban J connectivity index is 1.84. The molecule has 3 aromatic rings. The molecule has 0 unspecified atom stereocenters. The lowest BCUT2D eigenvalue weighted by atomic mass is 10.3. The number of benzene rings is 1. The third kappa shape index (κ3) is 4.87. The Morgan fingerprint density at radius 2 is 2.00 bits per heavy atom. The van der Waals surface area contributed by atoms with Gasteiger partial charge in [0.15, 0.2) is 33.6 Å². The van der Waals surface area contributed by atoms with Crippen molar-refractivity contribution in [3.05, 3.63) is 22.9 Å². The second kappa shape index (κ2) is 9.26. The summed E-state index contributed by atoms with van der Waals surface area (Å²) in [5, 5.41) is 31.6. The first kappa shape index (κ1) is 21.1. The molecule has 0 saturated heterocycles. The Labute approximate surface area is 177 Å². The van der Waals surface area contributed by atoms with E-state index < -0.39 is 5.91 Å². The molecule has 0 bridgehead atoms. The topological polar surface area (TPSA) is 171 Å². The van der Waals surface area contributed by atoms with E-state index in [0.717, 1.165) is 0 Å². The van der Waals surface area contributed by atoms with Crippen molar-refractivity contribution >= 4 is 50.6 Å². The quantitative estimate of drug-likeness (QED) is 0.118. The molecule has 0 aliphatic carbocycles. The van der Waals surface area contributed by atoms with Crippen molar-refractivity contribution in [2.45, 2.75) is 23.0 Å². The number of imidazole rings is 1. The Morgan fingerprint density at radius 3 is 2.76 bits per heavy atom. The monoisotopic (exact) mass is 483 g/mol. The number of hydrogen-bond donors (Lipinski definition) is 6. The molecule has 3 rings (SSSR count). The highest BCUT2D eigenvalue weighted by Gasteiger charge is 2.18. The number of phenols is 2. The van der Waals surface area contributed by atoms with Crippen LogP contribution in [0.1, 0.15) is 6.42 Å². The lowest BCUT2D eigenvalue weighted by Crippen LogP contribution is -2.27. The smallest absolute Gasteiger partial charge is 0.244 e. The zero-order valence-corrected chi connectivity index (χ0v) is 17.4. The summed E-state index contributed by atoms with van der Waals surface area (Å²) < 4.78 is 2.43. The molecular weight excluding hydrogens is 466 g/mol. The van der Waals surface area contributed by atoms with E-state index in [1.807, 2.05) is 4.57 Å². The summed E-state index contributed by atoms with van der Waals surface area (Å²) in [5.41, 5.74) is 8.51. The lowest BCUT2D eigenvalue weighted by molar-refractivity contribution is -0.129. The fourth-order valence-corrected chi connectivity index (χ4v) is 4.02. The maximum absolute atomic E-state index is 11.1. The van der Waals surface area contributed by atoms with Crippen LogP contribution in [0.2, 0.25) is 0 Å². The van der Waals surface area contributed by atoms with E-state index in [2.05, 4.69) is 36.2 Å². The Hall–Kier alpha value is -2.61. The predicted molar refractivity (Wildman–Crippen MR) is 109 cm³/mol. The second-order valence-corrected chi connectivity index (χ2v) is 7.75. The molecule has 0 radical (unpaired) electrons. The number of aromatic nitrogens is 4. The largest absolute Gasteiger partial charge is 0.504 e. The van der Waals surface area contributed by atoms with Crippen LogP contribution in [0.3, 0.4) is 0 Å². The molecule has 0 aliphatic heterocycles. The number of anilines is 1. The van der Waals surface area contributed by atoms with Gasteiger partial charge in [-0.3, -0.25) is 10.0 Å². The Bertz CT molecular complexity index is 1050. The lowest BCUT2D eigenvalue weighted by Gasteiger charge is -2.10. The van der Waals surface area contributed by atoms with Crippen molar-refractivity contribution in [1.82, 2.24) is 30.3 Å². The van der Waals surface area contributed by atoms with Gasteiger partial charge in [-0.2, -0.15) is 0 Å². The number of fused-ring (bicyclic) bond motifs is 1. The van der Waals surface area contributed by atoms with Crippen LogP contribution in [0.25, 0.3) is 11.2 Å². The van der Waals surface area contributed by atoms with E-state index in [9.17, 15) is 15.0 Å². The molecule has 0 atom stereocenters. The maximum atomic E-state index is 11.1. The van der Waals surface area contributed by atoms with Gasteiger partial charge in [-0.1, -0.05) is 11.8 Å². The minimum absolute atomic E-state index is 0.137. The highest BCUT2D eigenvalue weighted by atomic mass is 79.9. The zero-order chi connectivity index (χ0) is 21.0. The third-order valence-electron chi connectivity index (χ3n) is 3.92. The summed E-state index contributed by atoms with van der Waals surface area (Å²) in [6.45, 7) is 1.36. The first-order valence-corrected chi connectivity index (χ1v) is 10.0. The number of carbonyl (C=O) groups excluding carboxylic acids is 1. The molecule has 0 saturated carbocycles. The average molecular weight is 484 g/mol.